The van der Waals surface area contributed by atoms with E-state index in [4.69, 9.17) is 5.11 Å². The molecule has 1 amide bonds. The van der Waals surface area contributed by atoms with Gasteiger partial charge in [-0.15, -0.1) is 0 Å². The summed E-state index contributed by atoms with van der Waals surface area (Å²) in [5.74, 6) is -0.188. The Labute approximate surface area is 124 Å². The first kappa shape index (κ1) is 18.5. The quantitative estimate of drug-likeness (QED) is 0.728. The van der Waals surface area contributed by atoms with Gasteiger partial charge in [0.05, 0.1) is 0 Å². The lowest BCUT2D eigenvalue weighted by molar-refractivity contribution is -0.135. The first-order valence-corrected chi connectivity index (χ1v) is 7.12. The predicted octanol–water partition coefficient (Wildman–Crippen LogP) is 2.99. The molecule has 1 aromatic rings. The molecule has 0 aliphatic rings. The van der Waals surface area contributed by atoms with Crippen molar-refractivity contribution >= 4 is 29.5 Å². The monoisotopic (exact) mass is 298 g/mol. The molecule has 0 bridgehead atoms. The number of carboxylic acid groups (broad SMARTS) is 1. The summed E-state index contributed by atoms with van der Waals surface area (Å²) in [4.78, 5) is 21.9. The van der Waals surface area contributed by atoms with Gasteiger partial charge in [0.25, 0.3) is 0 Å². The third-order valence-corrected chi connectivity index (χ3v) is 2.38. The van der Waals surface area contributed by atoms with Crippen LogP contribution < -0.4 is 10.0 Å². The van der Waals surface area contributed by atoms with Crippen LogP contribution in [0.2, 0.25) is 0 Å². The Morgan fingerprint density at radius 3 is 2.10 bits per heavy atom. The van der Waals surface area contributed by atoms with Crippen LogP contribution in [0.1, 0.15) is 27.7 Å². The van der Waals surface area contributed by atoms with Crippen molar-refractivity contribution in [2.24, 2.45) is 5.92 Å². The van der Waals surface area contributed by atoms with E-state index < -0.39 is 5.97 Å². The Balaban J connectivity index is 0.000000796. The van der Waals surface area contributed by atoms with E-state index in [0.29, 0.717) is 0 Å². The van der Waals surface area contributed by atoms with Crippen molar-refractivity contribution in [2.45, 2.75) is 32.6 Å². The molecule has 1 aromatic carbocycles. The maximum Gasteiger partial charge on any atom is 0.318 e. The Bertz CT molecular complexity index is 416. The molecule has 6 heteroatoms. The van der Waals surface area contributed by atoms with Gasteiger partial charge in [-0.25, -0.2) is 4.72 Å². The van der Waals surface area contributed by atoms with Gasteiger partial charge in [-0.1, -0.05) is 20.8 Å². The normalized spacial score (nSPS) is 9.65. The number of benzene rings is 1. The van der Waals surface area contributed by atoms with Crippen LogP contribution in [0, 0.1) is 5.92 Å². The van der Waals surface area contributed by atoms with Gasteiger partial charge < -0.3 is 10.4 Å². The van der Waals surface area contributed by atoms with E-state index in [1.54, 1.807) is 24.3 Å². The van der Waals surface area contributed by atoms with Crippen molar-refractivity contribution in [3.63, 3.8) is 0 Å². The summed E-state index contributed by atoms with van der Waals surface area (Å²) in [6.07, 6.45) is 0. The molecule has 0 unspecified atom stereocenters. The molecule has 0 aromatic heterocycles. The average Bonchev–Trinajstić information content (AvgIpc) is 2.29. The van der Waals surface area contributed by atoms with E-state index in [0.717, 1.165) is 16.5 Å². The van der Waals surface area contributed by atoms with Gasteiger partial charge in [-0.3, -0.25) is 9.59 Å². The first-order valence-electron chi connectivity index (χ1n) is 6.30. The smallest absolute Gasteiger partial charge is 0.318 e. The molecule has 0 atom stereocenters. The van der Waals surface area contributed by atoms with Crippen LogP contribution in [-0.4, -0.2) is 23.5 Å². The van der Waals surface area contributed by atoms with Gasteiger partial charge in [0.15, 0.2) is 0 Å². The fraction of sp³-hybridized carbons (Fsp3) is 0.429. The Hall–Kier alpha value is -1.53. The van der Waals surface area contributed by atoms with Crippen LogP contribution in [0.15, 0.2) is 29.2 Å². The van der Waals surface area contributed by atoms with Crippen molar-refractivity contribution in [3.8, 4) is 0 Å². The van der Waals surface area contributed by atoms with Gasteiger partial charge in [0, 0.05) is 17.5 Å². The molecule has 3 N–H and O–H groups in total. The number of carboxylic acids is 1. The second-order valence-corrected chi connectivity index (χ2v) is 5.72. The molecule has 20 heavy (non-hydrogen) atoms. The zero-order valence-electron chi connectivity index (χ0n) is 12.3. The number of amides is 1. The number of carbonyl (C=O) groups is 2. The summed E-state index contributed by atoms with van der Waals surface area (Å²) in [7, 11) is 0. The molecule has 5 nitrogen and oxygen atoms in total. The summed E-state index contributed by atoms with van der Waals surface area (Å²) in [6, 6.07) is 7.11. The van der Waals surface area contributed by atoms with Gasteiger partial charge in [-0.2, -0.15) is 0 Å². The highest BCUT2D eigenvalue weighted by atomic mass is 32.2. The number of aliphatic carboxylic acids is 1. The molecule has 0 radical (unpaired) electrons. The number of hydrogen-bond acceptors (Lipinski definition) is 4. The fourth-order valence-electron chi connectivity index (χ4n) is 0.991. The number of carbonyl (C=O) groups excluding carboxylic acids is 1. The minimum Gasteiger partial charge on any atom is -0.480 e. The Morgan fingerprint density at radius 1 is 1.20 bits per heavy atom. The van der Waals surface area contributed by atoms with Gasteiger partial charge >= 0.3 is 5.97 Å². The highest BCUT2D eigenvalue weighted by molar-refractivity contribution is 7.97. The summed E-state index contributed by atoms with van der Waals surface area (Å²) in [5.41, 5.74) is 0.718. The number of rotatable bonds is 5. The Kier molecular flexibility index (Phi) is 9.49. The fourth-order valence-corrected chi connectivity index (χ4v) is 1.63. The second kappa shape index (κ2) is 10.3. The van der Waals surface area contributed by atoms with E-state index in [2.05, 4.69) is 30.8 Å². The minimum atomic E-state index is -0.901. The van der Waals surface area contributed by atoms with Gasteiger partial charge in [0.2, 0.25) is 5.91 Å². The zero-order chi connectivity index (χ0) is 15.5. The van der Waals surface area contributed by atoms with Crippen molar-refractivity contribution < 1.29 is 14.7 Å². The average molecular weight is 298 g/mol. The van der Waals surface area contributed by atoms with Gasteiger partial charge in [-0.05, 0) is 42.1 Å². The molecule has 0 heterocycles. The first-order chi connectivity index (χ1) is 9.31. The van der Waals surface area contributed by atoms with E-state index >= 15 is 0 Å². The third-order valence-electron chi connectivity index (χ3n) is 1.59. The highest BCUT2D eigenvalue weighted by Gasteiger charge is 1.99. The van der Waals surface area contributed by atoms with Crippen LogP contribution >= 0.6 is 11.9 Å². The molecule has 1 rings (SSSR count). The van der Waals surface area contributed by atoms with Crippen molar-refractivity contribution in [3.05, 3.63) is 24.3 Å². The Morgan fingerprint density at radius 2 is 1.70 bits per heavy atom. The van der Waals surface area contributed by atoms with Crippen LogP contribution in [0.25, 0.3) is 0 Å². The predicted molar refractivity (Wildman–Crippen MR) is 82.8 cm³/mol. The molecule has 0 fully saturated rings. The summed E-state index contributed by atoms with van der Waals surface area (Å²) >= 11 is 1.23. The molecular weight excluding hydrogens is 276 g/mol. The van der Waals surface area contributed by atoms with Crippen LogP contribution in [0.4, 0.5) is 5.69 Å². The SMILES string of the molecule is CC(=O)Nc1ccc(SNCC(=O)O)cc1.CC(C)C. The summed E-state index contributed by atoms with van der Waals surface area (Å²) in [6.45, 7) is 7.84. The van der Waals surface area contributed by atoms with E-state index in [-0.39, 0.29) is 12.5 Å². The van der Waals surface area contributed by atoms with E-state index in [9.17, 15) is 9.59 Å². The number of anilines is 1. The molecule has 0 aliphatic carbocycles. The molecule has 0 saturated carbocycles. The molecule has 112 valence electrons. The lowest BCUT2D eigenvalue weighted by Gasteiger charge is -2.04. The van der Waals surface area contributed by atoms with E-state index in [1.807, 2.05) is 0 Å². The second-order valence-electron chi connectivity index (χ2n) is 4.75. The summed E-state index contributed by atoms with van der Waals surface area (Å²) in [5, 5.41) is 11.1. The molecule has 0 saturated heterocycles. The topological polar surface area (TPSA) is 78.4 Å². The van der Waals surface area contributed by atoms with Crippen molar-refractivity contribution in [2.75, 3.05) is 11.9 Å². The maximum atomic E-state index is 10.8. The number of nitrogens with one attached hydrogen (secondary N) is 2. The van der Waals surface area contributed by atoms with E-state index in [1.165, 1.54) is 18.9 Å². The van der Waals surface area contributed by atoms with Crippen LogP contribution in [-0.2, 0) is 9.59 Å². The van der Waals surface area contributed by atoms with Gasteiger partial charge in [0.1, 0.15) is 6.54 Å². The maximum absolute atomic E-state index is 10.8. The highest BCUT2D eigenvalue weighted by Crippen LogP contribution is 2.17. The van der Waals surface area contributed by atoms with Crippen molar-refractivity contribution in [1.29, 1.82) is 0 Å². The molecule has 0 spiro atoms. The largest absolute Gasteiger partial charge is 0.480 e. The standard InChI is InChI=1S/C10H12N2O3S.C4H10/c1-7(13)12-8-2-4-9(5-3-8)16-11-6-10(14)15;1-4(2)3/h2-5,11H,6H2,1H3,(H,12,13)(H,14,15);4H,1-3H3. The zero-order valence-corrected chi connectivity index (χ0v) is 13.1. The van der Waals surface area contributed by atoms with Crippen molar-refractivity contribution in [1.82, 2.24) is 4.72 Å². The molecular formula is C14H22N2O3S. The summed E-state index contributed by atoms with van der Waals surface area (Å²) < 4.78 is 2.69. The van der Waals surface area contributed by atoms with Crippen LogP contribution in [0.5, 0.6) is 0 Å². The van der Waals surface area contributed by atoms with Crippen LogP contribution in [0.3, 0.4) is 0 Å². The minimum absolute atomic E-state index is 0.0991. The number of hydrogen-bond donors (Lipinski definition) is 3. The third kappa shape index (κ3) is 11.6. The molecule has 0 aliphatic heterocycles. The lowest BCUT2D eigenvalue weighted by Crippen LogP contribution is -2.15. The lowest BCUT2D eigenvalue weighted by atomic mass is 10.3.